The summed E-state index contributed by atoms with van der Waals surface area (Å²) in [6, 6.07) is 7.58. The summed E-state index contributed by atoms with van der Waals surface area (Å²) in [6.45, 7) is 1.98. The second kappa shape index (κ2) is 6.66. The van der Waals surface area contributed by atoms with E-state index in [1.807, 2.05) is 31.2 Å². The van der Waals surface area contributed by atoms with Gasteiger partial charge in [0.25, 0.3) is 5.56 Å². The van der Waals surface area contributed by atoms with E-state index >= 15 is 0 Å². The van der Waals surface area contributed by atoms with Crippen LogP contribution in [0.3, 0.4) is 0 Å². The minimum absolute atomic E-state index is 0.0153. The lowest BCUT2D eigenvalue weighted by molar-refractivity contribution is 0.189. The van der Waals surface area contributed by atoms with Gasteiger partial charge in [0.1, 0.15) is 11.6 Å². The third-order valence-corrected chi connectivity index (χ3v) is 5.52. The van der Waals surface area contributed by atoms with Gasteiger partial charge in [-0.1, -0.05) is 12.8 Å². The SMILES string of the molecule is Cc1ccnc(Nc2cc3cc(C4(CO)CCCC4)n(N)c(=O)c3cn2)c1. The number of aryl methyl sites for hydroxylation is 1. The Kier molecular flexibility index (Phi) is 4.31. The molecule has 0 unspecified atom stereocenters. The molecule has 1 aliphatic carbocycles. The molecule has 3 heterocycles. The Labute approximate surface area is 156 Å². The van der Waals surface area contributed by atoms with Crippen LogP contribution in [0.1, 0.15) is 36.9 Å². The molecule has 0 radical (unpaired) electrons. The molecule has 1 fully saturated rings. The lowest BCUT2D eigenvalue weighted by Crippen LogP contribution is -2.39. The van der Waals surface area contributed by atoms with E-state index in [1.165, 1.54) is 10.9 Å². The van der Waals surface area contributed by atoms with Crippen molar-refractivity contribution in [1.29, 1.82) is 0 Å². The molecule has 3 aromatic heterocycles. The van der Waals surface area contributed by atoms with Crippen molar-refractivity contribution < 1.29 is 5.11 Å². The Bertz CT molecular complexity index is 1050. The molecular formula is C20H23N5O2. The fourth-order valence-corrected chi connectivity index (χ4v) is 3.98. The summed E-state index contributed by atoms with van der Waals surface area (Å²) in [5.74, 6) is 7.40. The van der Waals surface area contributed by atoms with Gasteiger partial charge in [-0.15, -0.1) is 0 Å². The number of fused-ring (bicyclic) bond motifs is 1. The van der Waals surface area contributed by atoms with Crippen molar-refractivity contribution in [1.82, 2.24) is 14.6 Å². The van der Waals surface area contributed by atoms with Crippen LogP contribution in [-0.4, -0.2) is 26.4 Å². The number of nitrogens with zero attached hydrogens (tertiary/aromatic N) is 3. The summed E-state index contributed by atoms with van der Waals surface area (Å²) in [7, 11) is 0. The molecule has 0 aliphatic heterocycles. The Morgan fingerprint density at radius 1 is 1.22 bits per heavy atom. The highest BCUT2D eigenvalue weighted by molar-refractivity contribution is 5.84. The molecule has 0 aromatic carbocycles. The first-order chi connectivity index (χ1) is 13.0. The van der Waals surface area contributed by atoms with E-state index in [2.05, 4.69) is 15.3 Å². The number of pyridine rings is 3. The first-order valence-electron chi connectivity index (χ1n) is 9.14. The monoisotopic (exact) mass is 365 g/mol. The van der Waals surface area contributed by atoms with Crippen molar-refractivity contribution in [3.63, 3.8) is 0 Å². The molecular weight excluding hydrogens is 342 g/mol. The fourth-order valence-electron chi connectivity index (χ4n) is 3.98. The quantitative estimate of drug-likeness (QED) is 0.613. The van der Waals surface area contributed by atoms with Crippen molar-refractivity contribution in [2.45, 2.75) is 38.0 Å². The number of nitrogens with one attached hydrogen (secondary N) is 1. The minimum Gasteiger partial charge on any atom is -0.395 e. The molecule has 3 aromatic rings. The van der Waals surface area contributed by atoms with Gasteiger partial charge in [-0.2, -0.15) is 0 Å². The maximum absolute atomic E-state index is 12.8. The van der Waals surface area contributed by atoms with Crippen LogP contribution in [0.25, 0.3) is 10.8 Å². The summed E-state index contributed by atoms with van der Waals surface area (Å²) < 4.78 is 1.18. The average molecular weight is 365 g/mol. The van der Waals surface area contributed by atoms with E-state index in [9.17, 15) is 9.90 Å². The summed E-state index contributed by atoms with van der Waals surface area (Å²) in [6.07, 6.45) is 6.96. The molecule has 140 valence electrons. The van der Waals surface area contributed by atoms with Crippen LogP contribution in [0.2, 0.25) is 0 Å². The van der Waals surface area contributed by atoms with Gasteiger partial charge in [-0.25, -0.2) is 14.6 Å². The van der Waals surface area contributed by atoms with Crippen molar-refractivity contribution in [3.05, 3.63) is 58.3 Å². The summed E-state index contributed by atoms with van der Waals surface area (Å²) in [5.41, 5.74) is 1.03. The van der Waals surface area contributed by atoms with E-state index in [1.54, 1.807) is 6.20 Å². The Balaban J connectivity index is 1.81. The Hall–Kier alpha value is -2.93. The average Bonchev–Trinajstić information content (AvgIpc) is 3.15. The second-order valence-electron chi connectivity index (χ2n) is 7.35. The van der Waals surface area contributed by atoms with Gasteiger partial charge in [0.2, 0.25) is 0 Å². The number of aliphatic hydroxyl groups excluding tert-OH is 1. The van der Waals surface area contributed by atoms with Gasteiger partial charge in [-0.3, -0.25) is 4.79 Å². The highest BCUT2D eigenvalue weighted by atomic mass is 16.3. The van der Waals surface area contributed by atoms with Crippen LogP contribution in [0, 0.1) is 6.92 Å². The van der Waals surface area contributed by atoms with Gasteiger partial charge in [0, 0.05) is 17.8 Å². The van der Waals surface area contributed by atoms with Crippen molar-refractivity contribution in [2.24, 2.45) is 0 Å². The summed E-state index contributed by atoms with van der Waals surface area (Å²) in [5, 5.41) is 14.4. The van der Waals surface area contributed by atoms with E-state index in [0.717, 1.165) is 36.6 Å². The van der Waals surface area contributed by atoms with Gasteiger partial charge in [-0.05, 0) is 55.0 Å². The Morgan fingerprint density at radius 2 is 1.96 bits per heavy atom. The maximum atomic E-state index is 12.8. The first kappa shape index (κ1) is 17.5. The van der Waals surface area contributed by atoms with E-state index < -0.39 is 5.41 Å². The fraction of sp³-hybridized carbons (Fsp3) is 0.350. The number of nitrogens with two attached hydrogens (primary N) is 1. The second-order valence-corrected chi connectivity index (χ2v) is 7.35. The zero-order valence-corrected chi connectivity index (χ0v) is 15.3. The molecule has 1 saturated carbocycles. The van der Waals surface area contributed by atoms with Gasteiger partial charge in [0.05, 0.1) is 17.7 Å². The van der Waals surface area contributed by atoms with E-state index in [4.69, 9.17) is 5.84 Å². The van der Waals surface area contributed by atoms with Crippen LogP contribution < -0.4 is 16.7 Å². The zero-order chi connectivity index (χ0) is 19.0. The summed E-state index contributed by atoms with van der Waals surface area (Å²) in [4.78, 5) is 21.4. The standard InChI is InChI=1S/C20H23N5O2/c1-13-4-7-22-17(8-13)24-18-10-14-9-16(20(12-26)5-2-3-6-20)25(21)19(27)15(14)11-23-18/h4,7-11,26H,2-3,5-6,12,21H2,1H3,(H,22,23,24). The smallest absolute Gasteiger partial charge is 0.278 e. The van der Waals surface area contributed by atoms with Crippen molar-refractivity contribution in [2.75, 3.05) is 17.8 Å². The van der Waals surface area contributed by atoms with Crippen LogP contribution in [0.4, 0.5) is 11.6 Å². The van der Waals surface area contributed by atoms with Gasteiger partial charge >= 0.3 is 0 Å². The number of aliphatic hydroxyl groups is 1. The normalized spacial score (nSPS) is 15.9. The predicted molar refractivity (Wildman–Crippen MR) is 106 cm³/mol. The number of hydrogen-bond acceptors (Lipinski definition) is 6. The highest BCUT2D eigenvalue weighted by Gasteiger charge is 2.37. The third kappa shape index (κ3) is 3.04. The number of nitrogen functional groups attached to an aromatic ring is 1. The van der Waals surface area contributed by atoms with E-state index in [-0.39, 0.29) is 12.2 Å². The molecule has 27 heavy (non-hydrogen) atoms. The molecule has 1 aliphatic rings. The molecule has 4 N–H and O–H groups in total. The molecule has 0 spiro atoms. The molecule has 4 rings (SSSR count). The number of anilines is 2. The van der Waals surface area contributed by atoms with Gasteiger partial charge < -0.3 is 16.3 Å². The zero-order valence-electron chi connectivity index (χ0n) is 15.3. The van der Waals surface area contributed by atoms with Crippen LogP contribution in [-0.2, 0) is 5.41 Å². The molecule has 0 amide bonds. The Morgan fingerprint density at radius 3 is 2.67 bits per heavy atom. The predicted octanol–water partition coefficient (Wildman–Crippen LogP) is 2.36. The van der Waals surface area contributed by atoms with Crippen LogP contribution >= 0.6 is 0 Å². The molecule has 7 nitrogen and oxygen atoms in total. The molecule has 0 bridgehead atoms. The number of hydrogen-bond donors (Lipinski definition) is 3. The first-order valence-corrected chi connectivity index (χ1v) is 9.14. The number of aromatic nitrogens is 3. The molecule has 0 saturated heterocycles. The summed E-state index contributed by atoms with van der Waals surface area (Å²) >= 11 is 0. The maximum Gasteiger partial charge on any atom is 0.278 e. The highest BCUT2D eigenvalue weighted by Crippen LogP contribution is 2.40. The topological polar surface area (TPSA) is 106 Å². The van der Waals surface area contributed by atoms with Crippen molar-refractivity contribution in [3.8, 4) is 0 Å². The third-order valence-electron chi connectivity index (χ3n) is 5.52. The molecule has 7 heteroatoms. The van der Waals surface area contributed by atoms with E-state index in [0.29, 0.717) is 22.7 Å². The van der Waals surface area contributed by atoms with Crippen LogP contribution in [0.5, 0.6) is 0 Å². The van der Waals surface area contributed by atoms with Gasteiger partial charge in [0.15, 0.2) is 0 Å². The minimum atomic E-state index is -0.447. The van der Waals surface area contributed by atoms with Crippen molar-refractivity contribution >= 4 is 22.4 Å². The van der Waals surface area contributed by atoms with Crippen LogP contribution in [0.15, 0.2) is 41.5 Å². The lowest BCUT2D eigenvalue weighted by atomic mass is 9.82. The molecule has 0 atom stereocenters. The lowest BCUT2D eigenvalue weighted by Gasteiger charge is -2.28. The largest absolute Gasteiger partial charge is 0.395 e. The number of rotatable bonds is 4.